The SMILES string of the molecule is [Cl-].[Mg+2].[c-]1cccc2c1c1nc3ccccc3n1c1ccccc21. The molecule has 2 heterocycles. The summed E-state index contributed by atoms with van der Waals surface area (Å²) < 4.78 is 2.24. The Morgan fingerprint density at radius 1 is 0.783 bits per heavy atom. The first-order valence-corrected chi connectivity index (χ1v) is 7.02. The molecule has 0 aliphatic rings. The monoisotopic (exact) mass is 326 g/mol. The minimum atomic E-state index is 0. The third-order valence-corrected chi connectivity index (χ3v) is 4.08. The second-order valence-corrected chi connectivity index (χ2v) is 5.24. The number of hydrogen-bond donors (Lipinski definition) is 0. The van der Waals surface area contributed by atoms with Crippen molar-refractivity contribution in [3.63, 3.8) is 0 Å². The summed E-state index contributed by atoms with van der Waals surface area (Å²) in [5.74, 6) is 0. The minimum absolute atomic E-state index is 0. The van der Waals surface area contributed by atoms with E-state index in [0.717, 1.165) is 22.1 Å². The molecule has 0 fully saturated rings. The van der Waals surface area contributed by atoms with Crippen LogP contribution in [0.5, 0.6) is 0 Å². The number of fused-ring (bicyclic) bond motifs is 8. The van der Waals surface area contributed by atoms with E-state index in [9.17, 15) is 0 Å². The summed E-state index contributed by atoms with van der Waals surface area (Å²) in [5, 5.41) is 3.52. The number of benzene rings is 3. The van der Waals surface area contributed by atoms with Crippen molar-refractivity contribution >= 4 is 61.4 Å². The van der Waals surface area contributed by atoms with Crippen LogP contribution in [0.3, 0.4) is 0 Å². The molecule has 0 amide bonds. The number of para-hydroxylation sites is 3. The Morgan fingerprint density at radius 2 is 1.48 bits per heavy atom. The molecule has 0 saturated heterocycles. The summed E-state index contributed by atoms with van der Waals surface area (Å²) in [7, 11) is 0. The maximum atomic E-state index is 4.83. The van der Waals surface area contributed by atoms with Gasteiger partial charge in [-0.3, -0.25) is 4.98 Å². The summed E-state index contributed by atoms with van der Waals surface area (Å²) in [4.78, 5) is 4.83. The van der Waals surface area contributed by atoms with Gasteiger partial charge in [-0.25, -0.2) is 0 Å². The molecular weight excluding hydrogens is 316 g/mol. The number of nitrogens with zero attached hydrogens (tertiary/aromatic N) is 2. The molecule has 0 N–H and O–H groups in total. The van der Waals surface area contributed by atoms with Gasteiger partial charge in [0.25, 0.3) is 0 Å². The van der Waals surface area contributed by atoms with E-state index in [0.29, 0.717) is 0 Å². The van der Waals surface area contributed by atoms with E-state index in [2.05, 4.69) is 59.0 Å². The van der Waals surface area contributed by atoms with Gasteiger partial charge in [0, 0.05) is 5.52 Å². The largest absolute Gasteiger partial charge is 2.00 e. The first kappa shape index (κ1) is 16.1. The first-order valence-electron chi connectivity index (χ1n) is 7.02. The summed E-state index contributed by atoms with van der Waals surface area (Å²) in [6, 6.07) is 26.3. The number of rotatable bonds is 0. The van der Waals surface area contributed by atoms with E-state index in [1.165, 1.54) is 16.3 Å². The summed E-state index contributed by atoms with van der Waals surface area (Å²) >= 11 is 0. The van der Waals surface area contributed by atoms with Gasteiger partial charge in [-0.2, -0.15) is 0 Å². The second-order valence-electron chi connectivity index (χ2n) is 5.24. The third-order valence-electron chi connectivity index (χ3n) is 4.08. The molecule has 0 bridgehead atoms. The van der Waals surface area contributed by atoms with Gasteiger partial charge in [0.05, 0.1) is 16.7 Å². The van der Waals surface area contributed by atoms with Crippen molar-refractivity contribution in [2.45, 2.75) is 0 Å². The number of aromatic nitrogens is 2. The van der Waals surface area contributed by atoms with Crippen LogP contribution in [0.15, 0.2) is 66.7 Å². The topological polar surface area (TPSA) is 17.3 Å². The molecule has 106 valence electrons. The van der Waals surface area contributed by atoms with Gasteiger partial charge in [0.1, 0.15) is 0 Å². The zero-order valence-electron chi connectivity index (χ0n) is 12.3. The fraction of sp³-hybridized carbons (Fsp3) is 0. The third kappa shape index (κ3) is 2.19. The molecule has 0 saturated carbocycles. The number of imidazole rings is 1. The van der Waals surface area contributed by atoms with E-state index in [1.54, 1.807) is 0 Å². The Hall–Kier alpha value is -1.81. The van der Waals surface area contributed by atoms with Crippen LogP contribution in [-0.2, 0) is 0 Å². The first-order chi connectivity index (χ1) is 10.4. The maximum Gasteiger partial charge on any atom is 2.00 e. The zero-order valence-corrected chi connectivity index (χ0v) is 14.5. The van der Waals surface area contributed by atoms with E-state index in [4.69, 9.17) is 4.98 Å². The van der Waals surface area contributed by atoms with Crippen molar-refractivity contribution in [2.75, 3.05) is 0 Å². The maximum absolute atomic E-state index is 4.83. The molecule has 0 aliphatic carbocycles. The van der Waals surface area contributed by atoms with Gasteiger partial charge in [-0.05, 0) is 23.6 Å². The second kappa shape index (κ2) is 6.00. The quantitative estimate of drug-likeness (QED) is 0.238. The van der Waals surface area contributed by atoms with Gasteiger partial charge >= 0.3 is 23.1 Å². The number of halogens is 1. The molecular formula is C19H11ClMgN2. The van der Waals surface area contributed by atoms with Gasteiger partial charge in [0.2, 0.25) is 0 Å². The van der Waals surface area contributed by atoms with E-state index in [-0.39, 0.29) is 35.5 Å². The van der Waals surface area contributed by atoms with Crippen LogP contribution in [0.1, 0.15) is 0 Å². The zero-order chi connectivity index (χ0) is 13.8. The number of pyridine rings is 1. The molecule has 5 aromatic rings. The minimum Gasteiger partial charge on any atom is -1.00 e. The number of hydrogen-bond acceptors (Lipinski definition) is 1. The molecule has 0 atom stereocenters. The molecule has 23 heavy (non-hydrogen) atoms. The molecule has 3 aromatic carbocycles. The van der Waals surface area contributed by atoms with Crippen LogP contribution in [0.2, 0.25) is 0 Å². The molecule has 0 aliphatic heterocycles. The van der Waals surface area contributed by atoms with Crippen LogP contribution >= 0.6 is 0 Å². The van der Waals surface area contributed by atoms with Crippen LogP contribution < -0.4 is 12.4 Å². The van der Waals surface area contributed by atoms with Gasteiger partial charge in [-0.1, -0.05) is 35.7 Å². The van der Waals surface area contributed by atoms with E-state index in [1.807, 2.05) is 18.2 Å². The van der Waals surface area contributed by atoms with Crippen molar-refractivity contribution in [3.8, 4) is 0 Å². The summed E-state index contributed by atoms with van der Waals surface area (Å²) in [5.41, 5.74) is 4.33. The van der Waals surface area contributed by atoms with Crippen LogP contribution in [0, 0.1) is 6.07 Å². The predicted molar refractivity (Wildman–Crippen MR) is 92.3 cm³/mol. The average Bonchev–Trinajstić information content (AvgIpc) is 2.95. The molecule has 2 nitrogen and oxygen atoms in total. The molecule has 4 heteroatoms. The van der Waals surface area contributed by atoms with Crippen LogP contribution in [0.4, 0.5) is 0 Å². The van der Waals surface area contributed by atoms with Crippen LogP contribution in [-0.4, -0.2) is 32.4 Å². The Bertz CT molecular complexity index is 1150. The Balaban J connectivity index is 0.000000781. The molecule has 5 rings (SSSR count). The molecule has 2 aromatic heterocycles. The van der Waals surface area contributed by atoms with E-state index < -0.39 is 0 Å². The Kier molecular flexibility index (Phi) is 4.19. The van der Waals surface area contributed by atoms with Crippen molar-refractivity contribution in [3.05, 3.63) is 72.8 Å². The predicted octanol–water partition coefficient (Wildman–Crippen LogP) is 1.22. The van der Waals surface area contributed by atoms with Crippen molar-refractivity contribution in [1.29, 1.82) is 0 Å². The summed E-state index contributed by atoms with van der Waals surface area (Å²) in [6.45, 7) is 0. The molecule has 0 spiro atoms. The van der Waals surface area contributed by atoms with Crippen molar-refractivity contribution in [2.24, 2.45) is 0 Å². The normalized spacial score (nSPS) is 10.8. The average molecular weight is 327 g/mol. The Labute approximate surface area is 155 Å². The smallest absolute Gasteiger partial charge is 1.00 e. The van der Waals surface area contributed by atoms with Gasteiger partial charge < -0.3 is 16.8 Å². The molecule has 0 unspecified atom stereocenters. The van der Waals surface area contributed by atoms with Crippen molar-refractivity contribution < 1.29 is 12.4 Å². The fourth-order valence-corrected chi connectivity index (χ4v) is 3.18. The van der Waals surface area contributed by atoms with Gasteiger partial charge in [-0.15, -0.1) is 29.7 Å². The summed E-state index contributed by atoms with van der Waals surface area (Å²) in [6.07, 6.45) is 0. The standard InChI is InChI=1S/C19H11N2.ClH.Mg/c1-2-9-15-13(7-1)14-8-3-5-11-17(14)21-18-12-6-4-10-16(18)20-19(15)21;;/h1-8,10-12H;1H;/q-1;;+2/p-1. The van der Waals surface area contributed by atoms with E-state index >= 15 is 0 Å². The fourth-order valence-electron chi connectivity index (χ4n) is 3.18. The van der Waals surface area contributed by atoms with Crippen LogP contribution in [0.25, 0.3) is 38.4 Å². The van der Waals surface area contributed by atoms with Crippen molar-refractivity contribution in [1.82, 2.24) is 9.38 Å². The van der Waals surface area contributed by atoms with Gasteiger partial charge in [0.15, 0.2) is 0 Å². The Morgan fingerprint density at radius 3 is 2.35 bits per heavy atom. The molecule has 0 radical (unpaired) electrons.